The molecule has 5 heteroatoms. The molecule has 0 spiro atoms. The zero-order chi connectivity index (χ0) is 13.5. The summed E-state index contributed by atoms with van der Waals surface area (Å²) in [5, 5.41) is 0. The molecule has 0 aliphatic carbocycles. The molecule has 0 aromatic carbocycles. The van der Waals surface area contributed by atoms with E-state index in [1.807, 2.05) is 25.5 Å². The van der Waals surface area contributed by atoms with Gasteiger partial charge in [-0.05, 0) is 31.7 Å². The van der Waals surface area contributed by atoms with Crippen LogP contribution in [0.3, 0.4) is 0 Å². The highest BCUT2D eigenvalue weighted by Gasteiger charge is 2.29. The predicted octanol–water partition coefficient (Wildman–Crippen LogP) is 1.60. The lowest BCUT2D eigenvalue weighted by molar-refractivity contribution is 0.257. The van der Waals surface area contributed by atoms with Crippen LogP contribution in [0.5, 0.6) is 0 Å². The van der Waals surface area contributed by atoms with Gasteiger partial charge in [0.15, 0.2) is 0 Å². The lowest BCUT2D eigenvalue weighted by Gasteiger charge is -2.39. The lowest BCUT2D eigenvalue weighted by atomic mass is 9.81. The number of aryl methyl sites for hydroxylation is 1. The summed E-state index contributed by atoms with van der Waals surface area (Å²) in [7, 11) is 0. The monoisotopic (exact) mass is 259 g/mol. The van der Waals surface area contributed by atoms with Crippen LogP contribution in [0.2, 0.25) is 0 Å². The van der Waals surface area contributed by atoms with Crippen molar-refractivity contribution < 1.29 is 0 Å². The second-order valence-electron chi connectivity index (χ2n) is 5.86. The van der Waals surface area contributed by atoms with Gasteiger partial charge in [0.1, 0.15) is 5.65 Å². The summed E-state index contributed by atoms with van der Waals surface area (Å²) >= 11 is 0. The second kappa shape index (κ2) is 4.49. The summed E-state index contributed by atoms with van der Waals surface area (Å²) in [6, 6.07) is 0. The van der Waals surface area contributed by atoms with Gasteiger partial charge in [-0.25, -0.2) is 9.97 Å². The molecule has 2 N–H and O–H groups in total. The van der Waals surface area contributed by atoms with Crippen LogP contribution in [0.25, 0.3) is 5.65 Å². The molecular formula is C14H21N5. The van der Waals surface area contributed by atoms with Crippen molar-refractivity contribution in [3.63, 3.8) is 0 Å². The van der Waals surface area contributed by atoms with E-state index in [1.54, 1.807) is 0 Å². The van der Waals surface area contributed by atoms with Crippen LogP contribution in [0.4, 0.5) is 5.95 Å². The fourth-order valence-electron chi connectivity index (χ4n) is 2.72. The lowest BCUT2D eigenvalue weighted by Crippen LogP contribution is -2.43. The van der Waals surface area contributed by atoms with Gasteiger partial charge < -0.3 is 10.6 Å². The number of imidazole rings is 1. The minimum Gasteiger partial charge on any atom is -0.342 e. The Morgan fingerprint density at radius 2 is 2.05 bits per heavy atom. The molecule has 0 saturated carbocycles. The third-order valence-corrected chi connectivity index (χ3v) is 4.33. The predicted molar refractivity (Wildman–Crippen MR) is 76.3 cm³/mol. The SMILES string of the molecule is Cc1cnc(N2CCC(C)(CN)CC2)n2ccnc12. The summed E-state index contributed by atoms with van der Waals surface area (Å²) in [6.07, 6.45) is 7.97. The Balaban J connectivity index is 1.90. The number of nitrogens with zero attached hydrogens (tertiary/aromatic N) is 4. The minimum absolute atomic E-state index is 0.287. The molecular weight excluding hydrogens is 238 g/mol. The molecule has 2 aromatic rings. The van der Waals surface area contributed by atoms with E-state index in [0.29, 0.717) is 0 Å². The summed E-state index contributed by atoms with van der Waals surface area (Å²) in [5.74, 6) is 0.997. The third-order valence-electron chi connectivity index (χ3n) is 4.33. The normalized spacial score (nSPS) is 19.0. The Kier molecular flexibility index (Phi) is 2.93. The Hall–Kier alpha value is -1.62. The van der Waals surface area contributed by atoms with Crippen molar-refractivity contribution >= 4 is 11.6 Å². The Morgan fingerprint density at radius 3 is 2.74 bits per heavy atom. The number of piperidine rings is 1. The molecule has 0 unspecified atom stereocenters. The molecule has 3 heterocycles. The molecule has 102 valence electrons. The minimum atomic E-state index is 0.287. The van der Waals surface area contributed by atoms with Gasteiger partial charge in [-0.15, -0.1) is 0 Å². The maximum absolute atomic E-state index is 5.87. The zero-order valence-electron chi connectivity index (χ0n) is 11.6. The smallest absolute Gasteiger partial charge is 0.211 e. The van der Waals surface area contributed by atoms with Crippen molar-refractivity contribution in [1.82, 2.24) is 14.4 Å². The highest BCUT2D eigenvalue weighted by molar-refractivity contribution is 5.52. The van der Waals surface area contributed by atoms with Gasteiger partial charge >= 0.3 is 0 Å². The fourth-order valence-corrected chi connectivity index (χ4v) is 2.72. The van der Waals surface area contributed by atoms with E-state index >= 15 is 0 Å². The van der Waals surface area contributed by atoms with Crippen molar-refractivity contribution in [3.05, 3.63) is 24.2 Å². The molecule has 3 rings (SSSR count). The van der Waals surface area contributed by atoms with Gasteiger partial charge in [0.2, 0.25) is 5.95 Å². The fraction of sp³-hybridized carbons (Fsp3) is 0.571. The van der Waals surface area contributed by atoms with Crippen molar-refractivity contribution in [2.24, 2.45) is 11.1 Å². The van der Waals surface area contributed by atoms with E-state index in [2.05, 4.69) is 26.2 Å². The van der Waals surface area contributed by atoms with E-state index in [9.17, 15) is 0 Å². The number of hydrogen-bond donors (Lipinski definition) is 1. The van der Waals surface area contributed by atoms with Crippen molar-refractivity contribution in [3.8, 4) is 0 Å². The van der Waals surface area contributed by atoms with Gasteiger partial charge in [-0.1, -0.05) is 6.92 Å². The molecule has 2 aromatic heterocycles. The van der Waals surface area contributed by atoms with Gasteiger partial charge in [0, 0.05) is 37.2 Å². The molecule has 1 aliphatic heterocycles. The van der Waals surface area contributed by atoms with Crippen LogP contribution in [0, 0.1) is 12.3 Å². The number of hydrogen-bond acceptors (Lipinski definition) is 4. The van der Waals surface area contributed by atoms with E-state index in [-0.39, 0.29) is 5.41 Å². The molecule has 0 radical (unpaired) electrons. The zero-order valence-corrected chi connectivity index (χ0v) is 11.6. The summed E-state index contributed by atoms with van der Waals surface area (Å²) in [6.45, 7) is 7.11. The van der Waals surface area contributed by atoms with Crippen LogP contribution in [0.1, 0.15) is 25.3 Å². The Bertz CT molecular complexity index is 581. The van der Waals surface area contributed by atoms with Crippen molar-refractivity contribution in [2.75, 3.05) is 24.5 Å². The summed E-state index contributed by atoms with van der Waals surface area (Å²) in [5.41, 5.74) is 8.26. The number of anilines is 1. The van der Waals surface area contributed by atoms with Gasteiger partial charge in [0.25, 0.3) is 0 Å². The standard InChI is InChI=1S/C14H21N5/c1-11-9-17-13(19-8-5-16-12(11)19)18-6-3-14(2,10-15)4-7-18/h5,8-9H,3-4,6-7,10,15H2,1-2H3. The Labute approximate surface area is 113 Å². The van der Waals surface area contributed by atoms with Gasteiger partial charge in [-0.3, -0.25) is 4.40 Å². The Morgan fingerprint density at radius 1 is 1.32 bits per heavy atom. The highest BCUT2D eigenvalue weighted by Crippen LogP contribution is 2.31. The molecule has 1 aliphatic rings. The first-order chi connectivity index (χ1) is 9.13. The molecule has 0 atom stereocenters. The number of nitrogens with two attached hydrogens (primary N) is 1. The molecule has 0 bridgehead atoms. The van der Waals surface area contributed by atoms with Crippen LogP contribution >= 0.6 is 0 Å². The highest BCUT2D eigenvalue weighted by atomic mass is 15.3. The average Bonchev–Trinajstić information content (AvgIpc) is 2.91. The largest absolute Gasteiger partial charge is 0.342 e. The third kappa shape index (κ3) is 2.08. The van der Waals surface area contributed by atoms with E-state index < -0.39 is 0 Å². The van der Waals surface area contributed by atoms with Gasteiger partial charge in [-0.2, -0.15) is 0 Å². The first-order valence-corrected chi connectivity index (χ1v) is 6.87. The molecule has 1 saturated heterocycles. The summed E-state index contributed by atoms with van der Waals surface area (Å²) in [4.78, 5) is 11.3. The van der Waals surface area contributed by atoms with E-state index in [4.69, 9.17) is 5.73 Å². The van der Waals surface area contributed by atoms with Crippen LogP contribution in [0.15, 0.2) is 18.6 Å². The maximum Gasteiger partial charge on any atom is 0.211 e. The first kappa shape index (κ1) is 12.4. The number of aromatic nitrogens is 3. The topological polar surface area (TPSA) is 59.5 Å². The van der Waals surface area contributed by atoms with Crippen LogP contribution in [-0.4, -0.2) is 34.0 Å². The van der Waals surface area contributed by atoms with E-state index in [1.165, 1.54) is 0 Å². The van der Waals surface area contributed by atoms with Gasteiger partial charge in [0.05, 0.1) is 0 Å². The van der Waals surface area contributed by atoms with Crippen LogP contribution in [-0.2, 0) is 0 Å². The van der Waals surface area contributed by atoms with Crippen molar-refractivity contribution in [2.45, 2.75) is 26.7 Å². The molecule has 0 amide bonds. The molecule has 1 fully saturated rings. The average molecular weight is 259 g/mol. The number of rotatable bonds is 2. The second-order valence-corrected chi connectivity index (χ2v) is 5.86. The van der Waals surface area contributed by atoms with Crippen LogP contribution < -0.4 is 10.6 Å². The van der Waals surface area contributed by atoms with E-state index in [0.717, 1.165) is 49.6 Å². The number of fused-ring (bicyclic) bond motifs is 1. The molecule has 5 nitrogen and oxygen atoms in total. The first-order valence-electron chi connectivity index (χ1n) is 6.87. The maximum atomic E-state index is 5.87. The van der Waals surface area contributed by atoms with Crippen molar-refractivity contribution in [1.29, 1.82) is 0 Å². The molecule has 19 heavy (non-hydrogen) atoms. The summed E-state index contributed by atoms with van der Waals surface area (Å²) < 4.78 is 2.08. The quantitative estimate of drug-likeness (QED) is 0.890.